The maximum atomic E-state index is 12.7. The van der Waals surface area contributed by atoms with Gasteiger partial charge in [0.15, 0.2) is 5.78 Å². The van der Waals surface area contributed by atoms with Gasteiger partial charge < -0.3 is 0 Å². The van der Waals surface area contributed by atoms with E-state index in [1.807, 2.05) is 12.1 Å². The van der Waals surface area contributed by atoms with Gasteiger partial charge >= 0.3 is 0 Å². The molecule has 0 aliphatic heterocycles. The minimum Gasteiger partial charge on any atom is -0.289 e. The van der Waals surface area contributed by atoms with Gasteiger partial charge in [-0.3, -0.25) is 4.79 Å². The SMILES string of the molecule is C=C1C(=O)c2ccccc2[C@H]2CC[C@]3(C)CCC[C@H]3[C@H]12. The number of carbonyl (C=O) groups excluding carboxylic acids is 1. The van der Waals surface area contributed by atoms with Gasteiger partial charge in [0.25, 0.3) is 0 Å². The van der Waals surface area contributed by atoms with Crippen LogP contribution in [-0.4, -0.2) is 5.78 Å². The van der Waals surface area contributed by atoms with E-state index in [1.54, 1.807) is 0 Å². The van der Waals surface area contributed by atoms with Gasteiger partial charge in [0.2, 0.25) is 0 Å². The molecule has 2 saturated carbocycles. The molecule has 3 aliphatic carbocycles. The highest BCUT2D eigenvalue weighted by atomic mass is 16.1. The van der Waals surface area contributed by atoms with E-state index in [1.165, 1.54) is 37.7 Å². The third-order valence-corrected chi connectivity index (χ3v) is 6.35. The van der Waals surface area contributed by atoms with E-state index in [9.17, 15) is 4.79 Å². The van der Waals surface area contributed by atoms with Gasteiger partial charge in [-0.25, -0.2) is 0 Å². The molecule has 0 spiro atoms. The van der Waals surface area contributed by atoms with E-state index in [4.69, 9.17) is 0 Å². The van der Waals surface area contributed by atoms with Crippen LogP contribution >= 0.6 is 0 Å². The number of rotatable bonds is 0. The van der Waals surface area contributed by atoms with Crippen LogP contribution in [-0.2, 0) is 0 Å². The summed E-state index contributed by atoms with van der Waals surface area (Å²) in [4.78, 5) is 12.7. The van der Waals surface area contributed by atoms with Crippen molar-refractivity contribution in [2.75, 3.05) is 0 Å². The quantitative estimate of drug-likeness (QED) is 0.620. The maximum absolute atomic E-state index is 12.7. The van der Waals surface area contributed by atoms with E-state index < -0.39 is 0 Å². The minimum atomic E-state index is 0.206. The summed E-state index contributed by atoms with van der Waals surface area (Å²) in [5.41, 5.74) is 3.56. The number of fused-ring (bicyclic) bond motifs is 5. The average Bonchev–Trinajstić information content (AvgIpc) is 2.85. The molecular formula is C19H22O. The predicted octanol–water partition coefficient (Wildman–Crippen LogP) is 4.74. The normalized spacial score (nSPS) is 39.1. The number of allylic oxidation sites excluding steroid dienone is 1. The summed E-state index contributed by atoms with van der Waals surface area (Å²) >= 11 is 0. The van der Waals surface area contributed by atoms with Crippen LogP contribution in [0.3, 0.4) is 0 Å². The molecular weight excluding hydrogens is 244 g/mol. The topological polar surface area (TPSA) is 17.1 Å². The molecule has 0 amide bonds. The van der Waals surface area contributed by atoms with E-state index in [2.05, 4.69) is 25.6 Å². The lowest BCUT2D eigenvalue weighted by molar-refractivity contribution is 0.0744. The maximum Gasteiger partial charge on any atom is 0.189 e. The molecule has 0 aromatic heterocycles. The second kappa shape index (κ2) is 4.07. The Morgan fingerprint density at radius 3 is 2.85 bits per heavy atom. The summed E-state index contributed by atoms with van der Waals surface area (Å²) in [5.74, 6) is 1.82. The van der Waals surface area contributed by atoms with Crippen molar-refractivity contribution in [2.24, 2.45) is 17.3 Å². The Bertz CT molecular complexity index is 600. The zero-order valence-corrected chi connectivity index (χ0v) is 12.2. The zero-order valence-electron chi connectivity index (χ0n) is 12.2. The van der Waals surface area contributed by atoms with Crippen LogP contribution in [0.4, 0.5) is 0 Å². The molecule has 1 aromatic rings. The van der Waals surface area contributed by atoms with Gasteiger partial charge in [-0.15, -0.1) is 0 Å². The molecule has 0 unspecified atom stereocenters. The van der Waals surface area contributed by atoms with Crippen LogP contribution in [0.5, 0.6) is 0 Å². The largest absolute Gasteiger partial charge is 0.289 e. The monoisotopic (exact) mass is 266 g/mol. The highest BCUT2D eigenvalue weighted by molar-refractivity contribution is 6.11. The number of benzene rings is 1. The van der Waals surface area contributed by atoms with Gasteiger partial charge in [0.05, 0.1) is 0 Å². The first kappa shape index (κ1) is 12.4. The van der Waals surface area contributed by atoms with Crippen molar-refractivity contribution in [3.8, 4) is 0 Å². The summed E-state index contributed by atoms with van der Waals surface area (Å²) in [6.45, 7) is 6.66. The van der Waals surface area contributed by atoms with Crippen molar-refractivity contribution < 1.29 is 4.79 Å². The molecule has 104 valence electrons. The molecule has 1 heteroatoms. The Kier molecular flexibility index (Phi) is 2.52. The van der Waals surface area contributed by atoms with Gasteiger partial charge in [-0.2, -0.15) is 0 Å². The molecule has 0 heterocycles. The summed E-state index contributed by atoms with van der Waals surface area (Å²) in [6, 6.07) is 8.23. The highest BCUT2D eigenvalue weighted by Gasteiger charge is 2.52. The third kappa shape index (κ3) is 1.47. The zero-order chi connectivity index (χ0) is 13.9. The average molecular weight is 266 g/mol. The van der Waals surface area contributed by atoms with E-state index >= 15 is 0 Å². The lowest BCUT2D eigenvalue weighted by Gasteiger charge is -2.49. The number of hydrogen-bond donors (Lipinski definition) is 0. The minimum absolute atomic E-state index is 0.206. The first-order chi connectivity index (χ1) is 9.62. The summed E-state index contributed by atoms with van der Waals surface area (Å²) in [7, 11) is 0. The number of Topliss-reactive ketones (excluding diaryl/α,β-unsaturated/α-hetero) is 1. The smallest absolute Gasteiger partial charge is 0.189 e. The lowest BCUT2D eigenvalue weighted by atomic mass is 9.54. The van der Waals surface area contributed by atoms with Gasteiger partial charge in [-0.1, -0.05) is 44.2 Å². The Balaban J connectivity index is 1.85. The molecule has 20 heavy (non-hydrogen) atoms. The molecule has 0 radical (unpaired) electrons. The van der Waals surface area contributed by atoms with Crippen LogP contribution in [0.25, 0.3) is 0 Å². The van der Waals surface area contributed by atoms with Crippen molar-refractivity contribution in [3.63, 3.8) is 0 Å². The van der Waals surface area contributed by atoms with Crippen molar-refractivity contribution >= 4 is 5.78 Å². The van der Waals surface area contributed by atoms with Crippen molar-refractivity contribution in [2.45, 2.75) is 44.9 Å². The van der Waals surface area contributed by atoms with Crippen LogP contribution < -0.4 is 0 Å². The lowest BCUT2D eigenvalue weighted by Crippen LogP contribution is -2.42. The second-order valence-electron chi connectivity index (χ2n) is 7.27. The van der Waals surface area contributed by atoms with E-state index in [-0.39, 0.29) is 5.78 Å². The molecule has 0 saturated heterocycles. The second-order valence-corrected chi connectivity index (χ2v) is 7.27. The number of hydrogen-bond acceptors (Lipinski definition) is 1. The molecule has 0 bridgehead atoms. The first-order valence-electron chi connectivity index (χ1n) is 7.94. The van der Waals surface area contributed by atoms with E-state index in [0.29, 0.717) is 23.2 Å². The van der Waals surface area contributed by atoms with Crippen LogP contribution in [0.15, 0.2) is 36.4 Å². The Morgan fingerprint density at radius 1 is 1.20 bits per heavy atom. The van der Waals surface area contributed by atoms with Gasteiger partial charge in [0, 0.05) is 5.56 Å². The summed E-state index contributed by atoms with van der Waals surface area (Å²) in [5, 5.41) is 0. The van der Waals surface area contributed by atoms with Crippen LogP contribution in [0.1, 0.15) is 60.9 Å². The predicted molar refractivity (Wildman–Crippen MR) is 80.8 cm³/mol. The molecule has 1 aromatic carbocycles. The van der Waals surface area contributed by atoms with Crippen molar-refractivity contribution in [1.29, 1.82) is 0 Å². The Labute approximate surface area is 121 Å². The van der Waals surface area contributed by atoms with Gasteiger partial charge in [0.1, 0.15) is 0 Å². The highest BCUT2D eigenvalue weighted by Crippen LogP contribution is 2.61. The van der Waals surface area contributed by atoms with Gasteiger partial charge in [-0.05, 0) is 60.0 Å². The standard InChI is InChI=1S/C19H22O/c1-12-17-14(9-11-19(2)10-5-8-16(17)19)13-6-3-4-7-15(13)18(12)20/h3-4,6-7,14,16-17H,1,5,8-11H2,2H3/t14-,16+,17-,19+/m1/s1. The first-order valence-corrected chi connectivity index (χ1v) is 7.94. The van der Waals surface area contributed by atoms with Crippen LogP contribution in [0.2, 0.25) is 0 Å². The summed E-state index contributed by atoms with van der Waals surface area (Å²) < 4.78 is 0. The number of ketones is 1. The van der Waals surface area contributed by atoms with Crippen molar-refractivity contribution in [3.05, 3.63) is 47.5 Å². The fraction of sp³-hybridized carbons (Fsp3) is 0.526. The molecule has 3 aliphatic rings. The molecule has 0 N–H and O–H groups in total. The Hall–Kier alpha value is -1.37. The molecule has 4 rings (SSSR count). The Morgan fingerprint density at radius 2 is 2.00 bits per heavy atom. The number of carbonyl (C=O) groups is 1. The van der Waals surface area contributed by atoms with Crippen molar-refractivity contribution in [1.82, 2.24) is 0 Å². The summed E-state index contributed by atoms with van der Waals surface area (Å²) in [6.07, 6.45) is 6.49. The van der Waals surface area contributed by atoms with Crippen LogP contribution in [0, 0.1) is 17.3 Å². The fourth-order valence-electron chi connectivity index (χ4n) is 5.31. The van der Waals surface area contributed by atoms with E-state index in [0.717, 1.165) is 11.1 Å². The molecule has 2 fully saturated rings. The molecule has 1 nitrogen and oxygen atoms in total. The molecule has 4 atom stereocenters. The fourth-order valence-corrected chi connectivity index (χ4v) is 5.31. The third-order valence-electron chi connectivity index (χ3n) is 6.35.